The maximum absolute atomic E-state index is 7.03. The molecule has 0 radical (unpaired) electrons. The van der Waals surface area contributed by atoms with Crippen molar-refractivity contribution in [1.82, 2.24) is 19.1 Å². The van der Waals surface area contributed by atoms with Crippen LogP contribution in [0.2, 0.25) is 0 Å². The number of hydrogen-bond donors (Lipinski definition) is 0. The molecule has 4 aromatic heterocycles. The largest absolute Gasteiger partial charge is 0.455 e. The van der Waals surface area contributed by atoms with Gasteiger partial charge in [-0.3, -0.25) is 4.57 Å². The van der Waals surface area contributed by atoms with Crippen LogP contribution in [0.5, 0.6) is 0 Å². The van der Waals surface area contributed by atoms with Gasteiger partial charge in [-0.05, 0) is 77.9 Å². The molecule has 0 saturated carbocycles. The third-order valence-electron chi connectivity index (χ3n) is 13.4. The lowest BCUT2D eigenvalue weighted by Gasteiger charge is -2.22. The number of nitrogens with zero attached hydrogens (tertiary/aromatic N) is 4. The smallest absolute Gasteiger partial charge is 0.235 e. The molecule has 0 amide bonds. The summed E-state index contributed by atoms with van der Waals surface area (Å²) in [6.07, 6.45) is 11.1. The van der Waals surface area contributed by atoms with Crippen molar-refractivity contribution in [3.8, 4) is 34.0 Å². The first-order valence-electron chi connectivity index (χ1n) is 21.5. The van der Waals surface area contributed by atoms with Gasteiger partial charge in [0.15, 0.2) is 0 Å². The van der Waals surface area contributed by atoms with Crippen LogP contribution in [0, 0.1) is 0 Å². The van der Waals surface area contributed by atoms with E-state index < -0.39 is 0 Å². The number of rotatable bonds is 4. The fraction of sp³-hybridized carbons (Fsp3) is 0.107. The van der Waals surface area contributed by atoms with Crippen LogP contribution in [0.4, 0.5) is 0 Å². The lowest BCUT2D eigenvalue weighted by atomic mass is 9.86. The number of benzene rings is 7. The molecule has 4 heterocycles. The fourth-order valence-corrected chi connectivity index (χ4v) is 10.5. The number of hydrogen-bond acceptors (Lipinski definition) is 3. The number of aromatic nitrogens is 4. The highest BCUT2D eigenvalue weighted by Gasteiger charge is 2.30. The Labute approximate surface area is 352 Å². The summed E-state index contributed by atoms with van der Waals surface area (Å²) in [6.45, 7) is 4.62. The molecule has 5 nitrogen and oxygen atoms in total. The molecule has 0 fully saturated rings. The van der Waals surface area contributed by atoms with E-state index in [-0.39, 0.29) is 5.92 Å². The Balaban J connectivity index is 1.23. The summed E-state index contributed by atoms with van der Waals surface area (Å²) in [7, 11) is 0. The van der Waals surface area contributed by atoms with Crippen LogP contribution in [-0.4, -0.2) is 19.1 Å². The number of para-hydroxylation sites is 3. The second kappa shape index (κ2) is 13.0. The summed E-state index contributed by atoms with van der Waals surface area (Å²) < 4.78 is 11.8. The van der Waals surface area contributed by atoms with Crippen LogP contribution in [-0.2, 0) is 0 Å². The summed E-state index contributed by atoms with van der Waals surface area (Å²) >= 11 is 0. The molecule has 5 heteroatoms. The molecular weight excluding hydrogens is 745 g/mol. The van der Waals surface area contributed by atoms with Gasteiger partial charge in [-0.25, -0.2) is 9.97 Å². The summed E-state index contributed by atoms with van der Waals surface area (Å²) in [6, 6.07) is 52.5. The highest BCUT2D eigenvalue weighted by molar-refractivity contribution is 6.29. The van der Waals surface area contributed by atoms with Crippen LogP contribution < -0.4 is 0 Å². The molecule has 0 bridgehead atoms. The monoisotopic (exact) mass is 784 g/mol. The lowest BCUT2D eigenvalue weighted by molar-refractivity contribution is 0.673. The van der Waals surface area contributed by atoms with Gasteiger partial charge < -0.3 is 8.98 Å². The average molecular weight is 785 g/mol. The maximum Gasteiger partial charge on any atom is 0.235 e. The van der Waals surface area contributed by atoms with Crippen LogP contribution in [0.1, 0.15) is 60.9 Å². The molecule has 2 unspecified atom stereocenters. The first-order valence-corrected chi connectivity index (χ1v) is 21.5. The number of allylic oxidation sites excluding steroid dienone is 2. The Kier molecular flexibility index (Phi) is 7.32. The number of fused-ring (bicyclic) bond motifs is 13. The van der Waals surface area contributed by atoms with Crippen molar-refractivity contribution in [2.75, 3.05) is 0 Å². The van der Waals surface area contributed by atoms with Crippen LogP contribution >= 0.6 is 0 Å². The van der Waals surface area contributed by atoms with E-state index in [2.05, 4.69) is 193 Å². The van der Waals surface area contributed by atoms with E-state index in [0.717, 1.165) is 96.0 Å². The molecule has 11 aromatic rings. The third-order valence-corrected chi connectivity index (χ3v) is 13.4. The Morgan fingerprint density at radius 1 is 0.541 bits per heavy atom. The number of furan rings is 1. The Morgan fingerprint density at radius 2 is 1.26 bits per heavy atom. The Bertz CT molecular complexity index is 3680. The predicted octanol–water partition coefficient (Wildman–Crippen LogP) is 14.9. The molecule has 61 heavy (non-hydrogen) atoms. The average Bonchev–Trinajstić information content (AvgIpc) is 3.97. The second-order valence-electron chi connectivity index (χ2n) is 17.0. The molecule has 0 aliphatic heterocycles. The normalized spacial score (nSPS) is 16.1. The van der Waals surface area contributed by atoms with Gasteiger partial charge in [-0.1, -0.05) is 141 Å². The minimum absolute atomic E-state index is 0.234. The van der Waals surface area contributed by atoms with E-state index in [1.165, 1.54) is 32.8 Å². The fourth-order valence-electron chi connectivity index (χ4n) is 10.5. The van der Waals surface area contributed by atoms with Crippen molar-refractivity contribution in [2.45, 2.75) is 38.5 Å². The maximum atomic E-state index is 7.03. The summed E-state index contributed by atoms with van der Waals surface area (Å²) in [4.78, 5) is 11.2. The lowest BCUT2D eigenvalue weighted by Crippen LogP contribution is -2.12. The molecule has 7 aromatic carbocycles. The summed E-state index contributed by atoms with van der Waals surface area (Å²) in [5.74, 6) is 1.29. The Hall–Kier alpha value is -7.50. The van der Waals surface area contributed by atoms with Gasteiger partial charge in [0.05, 0.1) is 38.8 Å². The van der Waals surface area contributed by atoms with Crippen LogP contribution in [0.15, 0.2) is 162 Å². The standard InChI is InChI=1S/C56H40N4O/c1-33-15-13-23-42-38(33)29-30-47-50(42)51-54(60(47)56-57-52-34(2)16-14-24-43(52)53(58-56)35-17-5-3-6-18-35)44(32-45-41-22-10-12-26-49(41)61-55(45)51)36-27-28-40-39-21-9-11-25-46(39)59(48(40)31-36)37-19-7-4-8-20-37/h3-14,17-34H,15-16H2,1-2H3. The van der Waals surface area contributed by atoms with E-state index >= 15 is 0 Å². The zero-order chi connectivity index (χ0) is 40.3. The van der Waals surface area contributed by atoms with Crippen LogP contribution in [0.25, 0.3) is 112 Å². The van der Waals surface area contributed by atoms with E-state index in [0.29, 0.717) is 11.9 Å². The highest BCUT2D eigenvalue weighted by Crippen LogP contribution is 2.49. The minimum atomic E-state index is 0.234. The van der Waals surface area contributed by atoms with Crippen molar-refractivity contribution in [2.24, 2.45) is 0 Å². The van der Waals surface area contributed by atoms with Gasteiger partial charge in [0.2, 0.25) is 5.95 Å². The van der Waals surface area contributed by atoms with Gasteiger partial charge in [-0.2, -0.15) is 0 Å². The van der Waals surface area contributed by atoms with E-state index in [9.17, 15) is 0 Å². The van der Waals surface area contributed by atoms with E-state index in [1.54, 1.807) is 0 Å². The molecule has 13 rings (SSSR count). The summed E-state index contributed by atoms with van der Waals surface area (Å²) in [5.41, 5.74) is 16.4. The molecule has 2 aliphatic rings. The summed E-state index contributed by atoms with van der Waals surface area (Å²) in [5, 5.41) is 6.92. The van der Waals surface area contributed by atoms with Gasteiger partial charge in [-0.15, -0.1) is 0 Å². The predicted molar refractivity (Wildman–Crippen MR) is 253 cm³/mol. The van der Waals surface area contributed by atoms with Crippen LogP contribution in [0.3, 0.4) is 0 Å². The van der Waals surface area contributed by atoms with Crippen molar-refractivity contribution in [3.63, 3.8) is 0 Å². The molecular formula is C56H40N4O. The molecule has 0 N–H and O–H groups in total. The highest BCUT2D eigenvalue weighted by atomic mass is 16.3. The molecule has 0 saturated heterocycles. The quantitative estimate of drug-likeness (QED) is 0.179. The topological polar surface area (TPSA) is 48.8 Å². The SMILES string of the molecule is CC1CC=Cc2c1ccc1c2c2c3oc4ccccc4c3cc(-c3ccc4c5ccccc5n(-c5ccccc5)c4c3)c2n1-c1nc(-c2ccccc2)c2c(n1)C(C)CC=C2. The Morgan fingerprint density at radius 3 is 2.11 bits per heavy atom. The molecule has 2 atom stereocenters. The first-order chi connectivity index (χ1) is 30.1. The molecule has 0 spiro atoms. The van der Waals surface area contributed by atoms with Crippen molar-refractivity contribution < 1.29 is 4.42 Å². The van der Waals surface area contributed by atoms with Gasteiger partial charge in [0, 0.05) is 55.2 Å². The van der Waals surface area contributed by atoms with Gasteiger partial charge in [0.1, 0.15) is 11.2 Å². The van der Waals surface area contributed by atoms with Gasteiger partial charge >= 0.3 is 0 Å². The van der Waals surface area contributed by atoms with Crippen molar-refractivity contribution in [3.05, 3.63) is 180 Å². The molecule has 290 valence electrons. The third kappa shape index (κ3) is 4.95. The van der Waals surface area contributed by atoms with Crippen molar-refractivity contribution in [1.29, 1.82) is 0 Å². The van der Waals surface area contributed by atoms with E-state index in [4.69, 9.17) is 14.4 Å². The zero-order valence-electron chi connectivity index (χ0n) is 33.9. The van der Waals surface area contributed by atoms with Crippen molar-refractivity contribution >= 4 is 77.7 Å². The minimum Gasteiger partial charge on any atom is -0.455 e. The molecule has 2 aliphatic carbocycles. The van der Waals surface area contributed by atoms with Gasteiger partial charge in [0.25, 0.3) is 0 Å². The first kappa shape index (κ1) is 34.4. The zero-order valence-corrected chi connectivity index (χ0v) is 33.9. The van der Waals surface area contributed by atoms with E-state index in [1.807, 2.05) is 0 Å². The second-order valence-corrected chi connectivity index (χ2v) is 17.0.